The Bertz CT molecular complexity index is 284. The molecule has 0 spiro atoms. The van der Waals surface area contributed by atoms with Crippen LogP contribution in [-0.2, 0) is 9.53 Å². The summed E-state index contributed by atoms with van der Waals surface area (Å²) in [4.78, 5) is 10.9. The van der Waals surface area contributed by atoms with E-state index in [9.17, 15) is 4.79 Å². The minimum absolute atomic E-state index is 0.0679. The maximum atomic E-state index is 10.9. The molecule has 0 saturated heterocycles. The van der Waals surface area contributed by atoms with E-state index in [2.05, 4.69) is 13.0 Å². The first-order valence-electron chi connectivity index (χ1n) is 4.35. The molecule has 2 nitrogen and oxygen atoms in total. The monoisotopic (exact) mass is 164 g/mol. The molecule has 1 aliphatic carbocycles. The summed E-state index contributed by atoms with van der Waals surface area (Å²) in [6.45, 7) is 2.13. The molecule has 1 aliphatic heterocycles. The van der Waals surface area contributed by atoms with Gasteiger partial charge in [-0.25, -0.2) is 0 Å². The van der Waals surface area contributed by atoms with Gasteiger partial charge in [-0.05, 0) is 25.3 Å². The van der Waals surface area contributed by atoms with Gasteiger partial charge in [0.1, 0.15) is 5.76 Å². The Hall–Kier alpha value is -1.05. The normalized spacial score (nSPS) is 23.1. The minimum atomic E-state index is -0.0679. The van der Waals surface area contributed by atoms with Crippen LogP contribution in [0.5, 0.6) is 0 Å². The van der Waals surface area contributed by atoms with Gasteiger partial charge in [-0.1, -0.05) is 11.6 Å². The van der Waals surface area contributed by atoms with Gasteiger partial charge in [0.05, 0.1) is 6.42 Å². The van der Waals surface area contributed by atoms with Crippen LogP contribution in [0.1, 0.15) is 32.6 Å². The van der Waals surface area contributed by atoms with Crippen LogP contribution in [0.15, 0.2) is 23.0 Å². The first-order chi connectivity index (χ1) is 5.75. The lowest BCUT2D eigenvalue weighted by molar-refractivity contribution is -0.140. The van der Waals surface area contributed by atoms with Crippen molar-refractivity contribution in [1.82, 2.24) is 0 Å². The van der Waals surface area contributed by atoms with Crippen LogP contribution < -0.4 is 0 Å². The second-order valence-corrected chi connectivity index (χ2v) is 3.41. The zero-order valence-corrected chi connectivity index (χ0v) is 7.22. The molecule has 2 heteroatoms. The van der Waals surface area contributed by atoms with Gasteiger partial charge >= 0.3 is 5.97 Å². The standard InChI is InChI=1S/C10H12O2/c1-7-2-4-9-8(6-7)3-5-10(11)12-9/h6H,2-5H2,1H3. The minimum Gasteiger partial charge on any atom is -0.431 e. The van der Waals surface area contributed by atoms with Crippen LogP contribution in [0.3, 0.4) is 0 Å². The Morgan fingerprint density at radius 1 is 1.25 bits per heavy atom. The van der Waals surface area contributed by atoms with E-state index >= 15 is 0 Å². The molecule has 2 aliphatic rings. The van der Waals surface area contributed by atoms with Gasteiger partial charge in [0.15, 0.2) is 0 Å². The van der Waals surface area contributed by atoms with Crippen LogP contribution in [0.2, 0.25) is 0 Å². The molecule has 0 fully saturated rings. The van der Waals surface area contributed by atoms with Crippen molar-refractivity contribution in [2.75, 3.05) is 0 Å². The summed E-state index contributed by atoms with van der Waals surface area (Å²) < 4.78 is 5.13. The molecule has 0 aromatic rings. The smallest absolute Gasteiger partial charge is 0.311 e. The van der Waals surface area contributed by atoms with E-state index in [1.807, 2.05) is 0 Å². The fourth-order valence-electron chi connectivity index (χ4n) is 1.67. The molecule has 12 heavy (non-hydrogen) atoms. The number of esters is 1. The van der Waals surface area contributed by atoms with Gasteiger partial charge in [-0.15, -0.1) is 0 Å². The van der Waals surface area contributed by atoms with Gasteiger partial charge < -0.3 is 4.74 Å². The van der Waals surface area contributed by atoms with Crippen LogP contribution in [0.4, 0.5) is 0 Å². The number of ether oxygens (including phenoxy) is 1. The van der Waals surface area contributed by atoms with Crippen molar-refractivity contribution in [3.05, 3.63) is 23.0 Å². The van der Waals surface area contributed by atoms with Crippen LogP contribution in [0.25, 0.3) is 0 Å². The third-order valence-electron chi connectivity index (χ3n) is 2.36. The van der Waals surface area contributed by atoms with E-state index in [1.54, 1.807) is 0 Å². The fourth-order valence-corrected chi connectivity index (χ4v) is 1.67. The molecule has 0 aromatic carbocycles. The summed E-state index contributed by atoms with van der Waals surface area (Å²) in [5, 5.41) is 0. The summed E-state index contributed by atoms with van der Waals surface area (Å²) in [5.74, 6) is 0.846. The molecular formula is C10H12O2. The van der Waals surface area contributed by atoms with Gasteiger partial charge in [0.25, 0.3) is 0 Å². The summed E-state index contributed by atoms with van der Waals surface area (Å²) in [6, 6.07) is 0. The number of rotatable bonds is 0. The van der Waals surface area contributed by atoms with Gasteiger partial charge in [0.2, 0.25) is 0 Å². The Morgan fingerprint density at radius 2 is 2.08 bits per heavy atom. The number of hydrogen-bond acceptors (Lipinski definition) is 2. The maximum Gasteiger partial charge on any atom is 0.311 e. The third-order valence-corrected chi connectivity index (χ3v) is 2.36. The lowest BCUT2D eigenvalue weighted by Gasteiger charge is -2.21. The predicted molar refractivity (Wildman–Crippen MR) is 45.3 cm³/mol. The van der Waals surface area contributed by atoms with Gasteiger partial charge in [-0.2, -0.15) is 0 Å². The Morgan fingerprint density at radius 3 is 2.92 bits per heavy atom. The number of hydrogen-bond donors (Lipinski definition) is 0. The average Bonchev–Trinajstić information content (AvgIpc) is 2.05. The average molecular weight is 164 g/mol. The molecule has 0 unspecified atom stereocenters. The molecule has 0 bridgehead atoms. The van der Waals surface area contributed by atoms with E-state index in [1.165, 1.54) is 11.1 Å². The van der Waals surface area contributed by atoms with E-state index < -0.39 is 0 Å². The highest BCUT2D eigenvalue weighted by Gasteiger charge is 2.21. The largest absolute Gasteiger partial charge is 0.431 e. The second-order valence-electron chi connectivity index (χ2n) is 3.41. The van der Waals surface area contributed by atoms with Crippen molar-refractivity contribution >= 4 is 5.97 Å². The number of carbonyl (C=O) groups excluding carboxylic acids is 1. The zero-order valence-electron chi connectivity index (χ0n) is 7.22. The fraction of sp³-hybridized carbons (Fsp3) is 0.500. The number of carbonyl (C=O) groups is 1. The van der Waals surface area contributed by atoms with E-state index in [-0.39, 0.29) is 5.97 Å². The van der Waals surface area contributed by atoms with Crippen molar-refractivity contribution in [2.24, 2.45) is 0 Å². The zero-order chi connectivity index (χ0) is 8.55. The first kappa shape index (κ1) is 7.59. The van der Waals surface area contributed by atoms with Gasteiger partial charge in [0, 0.05) is 6.42 Å². The van der Waals surface area contributed by atoms with Crippen molar-refractivity contribution in [3.63, 3.8) is 0 Å². The maximum absolute atomic E-state index is 10.9. The molecular weight excluding hydrogens is 152 g/mol. The lowest BCUT2D eigenvalue weighted by atomic mass is 9.94. The molecule has 2 rings (SSSR count). The highest BCUT2D eigenvalue weighted by atomic mass is 16.5. The van der Waals surface area contributed by atoms with Crippen LogP contribution >= 0.6 is 0 Å². The quantitative estimate of drug-likeness (QED) is 0.513. The Kier molecular flexibility index (Phi) is 1.75. The van der Waals surface area contributed by atoms with Crippen molar-refractivity contribution in [3.8, 4) is 0 Å². The Labute approximate surface area is 71.9 Å². The molecule has 0 atom stereocenters. The molecule has 1 heterocycles. The highest BCUT2D eigenvalue weighted by Crippen LogP contribution is 2.30. The Balaban J connectivity index is 2.27. The summed E-state index contributed by atoms with van der Waals surface area (Å²) >= 11 is 0. The first-order valence-corrected chi connectivity index (χ1v) is 4.35. The summed E-state index contributed by atoms with van der Waals surface area (Å²) in [5.41, 5.74) is 2.63. The van der Waals surface area contributed by atoms with Crippen molar-refractivity contribution < 1.29 is 9.53 Å². The SMILES string of the molecule is CC1=CC2=C(CC1)OC(=O)CC2. The topological polar surface area (TPSA) is 26.3 Å². The summed E-state index contributed by atoms with van der Waals surface area (Å²) in [7, 11) is 0. The molecule has 0 radical (unpaired) electrons. The highest BCUT2D eigenvalue weighted by molar-refractivity contribution is 5.73. The van der Waals surface area contributed by atoms with Crippen molar-refractivity contribution in [2.45, 2.75) is 32.6 Å². The second kappa shape index (κ2) is 2.77. The predicted octanol–water partition coefficient (Wildman–Crippen LogP) is 2.32. The molecule has 0 amide bonds. The van der Waals surface area contributed by atoms with E-state index in [0.29, 0.717) is 6.42 Å². The summed E-state index contributed by atoms with van der Waals surface area (Å²) in [6.07, 6.45) is 5.51. The van der Waals surface area contributed by atoms with Crippen LogP contribution in [0, 0.1) is 0 Å². The molecule has 64 valence electrons. The van der Waals surface area contributed by atoms with E-state index in [4.69, 9.17) is 4.74 Å². The molecule has 0 aromatic heterocycles. The molecule has 0 N–H and O–H groups in total. The van der Waals surface area contributed by atoms with Crippen molar-refractivity contribution in [1.29, 1.82) is 0 Å². The molecule has 0 saturated carbocycles. The van der Waals surface area contributed by atoms with Crippen LogP contribution in [-0.4, -0.2) is 5.97 Å². The lowest BCUT2D eigenvalue weighted by Crippen LogP contribution is -2.14. The van der Waals surface area contributed by atoms with Gasteiger partial charge in [-0.3, -0.25) is 4.79 Å². The van der Waals surface area contributed by atoms with E-state index in [0.717, 1.165) is 25.0 Å². The number of allylic oxidation sites excluding steroid dienone is 4. The third kappa shape index (κ3) is 1.29.